The highest BCUT2D eigenvalue weighted by Gasteiger charge is 2.44. The van der Waals surface area contributed by atoms with E-state index in [0.29, 0.717) is 6.42 Å². The van der Waals surface area contributed by atoms with Crippen LogP contribution in [-0.4, -0.2) is 87.5 Å². The number of carbonyl (C=O) groups is 1. The van der Waals surface area contributed by atoms with Crippen LogP contribution in [0, 0.1) is 0 Å². The molecule has 1 amide bonds. The number of unbranched alkanes of at least 4 members (excludes halogenated alkanes) is 33. The molecular weight excluding hydrogens is 815 g/mol. The van der Waals surface area contributed by atoms with E-state index in [9.17, 15) is 30.3 Å². The predicted octanol–water partition coefficient (Wildman–Crippen LogP) is 13.2. The molecule has 1 saturated heterocycles. The van der Waals surface area contributed by atoms with Crippen LogP contribution in [0.15, 0.2) is 36.5 Å². The van der Waals surface area contributed by atoms with Gasteiger partial charge in [-0.1, -0.05) is 230 Å². The maximum atomic E-state index is 13.0. The van der Waals surface area contributed by atoms with Crippen LogP contribution >= 0.6 is 0 Å². The number of hydrogen-bond acceptors (Lipinski definition) is 8. The van der Waals surface area contributed by atoms with Crippen molar-refractivity contribution < 1.29 is 39.8 Å². The molecule has 6 N–H and O–H groups in total. The van der Waals surface area contributed by atoms with Crippen LogP contribution in [0.5, 0.6) is 0 Å². The largest absolute Gasteiger partial charge is 0.394 e. The molecule has 0 aromatic heterocycles. The molecule has 1 rings (SSSR count). The van der Waals surface area contributed by atoms with E-state index in [1.165, 1.54) is 186 Å². The Bertz CT molecular complexity index is 1110. The van der Waals surface area contributed by atoms with E-state index < -0.39 is 49.5 Å². The molecule has 0 spiro atoms. The maximum Gasteiger partial charge on any atom is 0.220 e. The van der Waals surface area contributed by atoms with E-state index in [0.717, 1.165) is 51.4 Å². The summed E-state index contributed by atoms with van der Waals surface area (Å²) < 4.78 is 11.2. The number of carbonyl (C=O) groups excluding carboxylic acids is 1. The SMILES string of the molecule is CCCCCCCCCCCCCC/C=C\CCCCCCCCCC(=O)NC(COC1OC(CO)C(O)C(O)C1O)C(O)/C=C/CC/C=C/CCCCCCCCCCCCCCC. The van der Waals surface area contributed by atoms with Gasteiger partial charge in [0.15, 0.2) is 6.29 Å². The van der Waals surface area contributed by atoms with Crippen molar-refractivity contribution in [1.82, 2.24) is 5.32 Å². The fourth-order valence-corrected chi connectivity index (χ4v) is 8.76. The Morgan fingerprint density at radius 1 is 0.508 bits per heavy atom. The lowest BCUT2D eigenvalue weighted by molar-refractivity contribution is -0.302. The zero-order chi connectivity index (χ0) is 47.3. The van der Waals surface area contributed by atoms with Gasteiger partial charge in [-0.15, -0.1) is 0 Å². The number of aliphatic hydroxyl groups is 5. The minimum Gasteiger partial charge on any atom is -0.394 e. The van der Waals surface area contributed by atoms with E-state index in [2.05, 4.69) is 43.5 Å². The Kier molecular flexibility index (Phi) is 43.6. The summed E-state index contributed by atoms with van der Waals surface area (Å²) in [6.07, 6.45) is 52.0. The lowest BCUT2D eigenvalue weighted by Gasteiger charge is -2.40. The Balaban J connectivity index is 2.27. The van der Waals surface area contributed by atoms with Gasteiger partial charge in [-0.05, 0) is 57.8 Å². The number of ether oxygens (including phenoxy) is 2. The van der Waals surface area contributed by atoms with Crippen LogP contribution in [0.4, 0.5) is 0 Å². The molecule has 7 atom stereocenters. The quantitative estimate of drug-likeness (QED) is 0.0261. The average molecular weight is 920 g/mol. The van der Waals surface area contributed by atoms with Crippen molar-refractivity contribution >= 4 is 5.91 Å². The second kappa shape index (κ2) is 46.2. The third kappa shape index (κ3) is 36.1. The van der Waals surface area contributed by atoms with Crippen LogP contribution in [0.25, 0.3) is 0 Å². The van der Waals surface area contributed by atoms with E-state index in [-0.39, 0.29) is 12.5 Å². The molecule has 382 valence electrons. The van der Waals surface area contributed by atoms with Gasteiger partial charge < -0.3 is 40.3 Å². The molecule has 0 aromatic carbocycles. The fourth-order valence-electron chi connectivity index (χ4n) is 8.76. The molecule has 0 bridgehead atoms. The topological polar surface area (TPSA) is 149 Å². The number of nitrogens with one attached hydrogen (secondary N) is 1. The predicted molar refractivity (Wildman–Crippen MR) is 272 cm³/mol. The second-order valence-corrected chi connectivity index (χ2v) is 19.4. The summed E-state index contributed by atoms with van der Waals surface area (Å²) in [6.45, 7) is 3.78. The van der Waals surface area contributed by atoms with E-state index >= 15 is 0 Å². The van der Waals surface area contributed by atoms with Crippen LogP contribution in [0.2, 0.25) is 0 Å². The van der Waals surface area contributed by atoms with Gasteiger partial charge in [-0.3, -0.25) is 4.79 Å². The van der Waals surface area contributed by atoms with Gasteiger partial charge in [0.2, 0.25) is 5.91 Å². The molecule has 7 unspecified atom stereocenters. The van der Waals surface area contributed by atoms with E-state index in [1.54, 1.807) is 6.08 Å². The fraction of sp³-hybridized carbons (Fsp3) is 0.875. The Morgan fingerprint density at radius 2 is 0.877 bits per heavy atom. The lowest BCUT2D eigenvalue weighted by atomic mass is 9.99. The zero-order valence-electron chi connectivity index (χ0n) is 42.3. The number of aliphatic hydroxyl groups excluding tert-OH is 5. The highest BCUT2D eigenvalue weighted by atomic mass is 16.7. The molecular formula is C56H105NO8. The number of amides is 1. The van der Waals surface area contributed by atoms with Gasteiger partial charge in [0.1, 0.15) is 24.4 Å². The molecule has 9 heteroatoms. The minimum absolute atomic E-state index is 0.189. The lowest BCUT2D eigenvalue weighted by Crippen LogP contribution is -2.60. The first kappa shape index (κ1) is 61.4. The summed E-state index contributed by atoms with van der Waals surface area (Å²) in [6, 6.07) is -0.823. The van der Waals surface area contributed by atoms with E-state index in [1.807, 2.05) is 6.08 Å². The third-order valence-electron chi connectivity index (χ3n) is 13.2. The first-order valence-corrected chi connectivity index (χ1v) is 27.7. The molecule has 0 aliphatic carbocycles. The van der Waals surface area contributed by atoms with Crippen molar-refractivity contribution in [2.45, 2.75) is 301 Å². The van der Waals surface area contributed by atoms with Crippen LogP contribution < -0.4 is 5.32 Å². The smallest absolute Gasteiger partial charge is 0.220 e. The zero-order valence-corrected chi connectivity index (χ0v) is 42.3. The second-order valence-electron chi connectivity index (χ2n) is 19.4. The van der Waals surface area contributed by atoms with Crippen molar-refractivity contribution in [2.75, 3.05) is 13.2 Å². The third-order valence-corrected chi connectivity index (χ3v) is 13.2. The summed E-state index contributed by atoms with van der Waals surface area (Å²) in [5.41, 5.74) is 0. The van der Waals surface area contributed by atoms with E-state index in [4.69, 9.17) is 9.47 Å². The molecule has 65 heavy (non-hydrogen) atoms. The monoisotopic (exact) mass is 920 g/mol. The molecule has 9 nitrogen and oxygen atoms in total. The standard InChI is InChI=1S/C56H105NO8/c1-3-5-7-9-11-13-15-17-19-21-23-24-25-26-28-30-32-34-36-38-40-42-44-46-52(60)57-49(48-64-56-55(63)54(62)53(61)51(47-58)65-56)50(59)45-43-41-39-37-35-33-31-29-27-22-20-18-16-14-12-10-8-6-4-2/h26,28,35,37,43,45,49-51,53-56,58-59,61-63H,3-25,27,29-34,36,38-42,44,46-48H2,1-2H3,(H,57,60)/b28-26-,37-35+,45-43+. The van der Waals surface area contributed by atoms with Crippen LogP contribution in [-0.2, 0) is 14.3 Å². The van der Waals surface area contributed by atoms with Crippen molar-refractivity contribution in [3.8, 4) is 0 Å². The van der Waals surface area contributed by atoms with Gasteiger partial charge in [-0.2, -0.15) is 0 Å². The van der Waals surface area contributed by atoms with Crippen LogP contribution in [0.1, 0.15) is 258 Å². The highest BCUT2D eigenvalue weighted by Crippen LogP contribution is 2.23. The number of rotatable bonds is 47. The molecule has 0 aromatic rings. The Morgan fingerprint density at radius 3 is 1.29 bits per heavy atom. The van der Waals surface area contributed by atoms with Gasteiger partial charge in [0.25, 0.3) is 0 Å². The first-order valence-electron chi connectivity index (χ1n) is 27.7. The minimum atomic E-state index is -1.57. The van der Waals surface area contributed by atoms with Gasteiger partial charge in [-0.25, -0.2) is 0 Å². The highest BCUT2D eigenvalue weighted by molar-refractivity contribution is 5.76. The summed E-state index contributed by atoms with van der Waals surface area (Å²) in [5, 5.41) is 54.4. The summed E-state index contributed by atoms with van der Waals surface area (Å²) in [7, 11) is 0. The first-order chi connectivity index (χ1) is 31.8. The molecule has 1 aliphatic rings. The maximum absolute atomic E-state index is 13.0. The van der Waals surface area contributed by atoms with Crippen molar-refractivity contribution in [3.05, 3.63) is 36.5 Å². The summed E-state index contributed by atoms with van der Waals surface area (Å²) >= 11 is 0. The van der Waals surface area contributed by atoms with Crippen LogP contribution in [0.3, 0.4) is 0 Å². The summed E-state index contributed by atoms with van der Waals surface area (Å²) in [4.78, 5) is 13.0. The van der Waals surface area contributed by atoms with Crippen molar-refractivity contribution in [3.63, 3.8) is 0 Å². The van der Waals surface area contributed by atoms with Gasteiger partial charge >= 0.3 is 0 Å². The number of hydrogen-bond donors (Lipinski definition) is 6. The normalized spacial score (nSPS) is 20.1. The average Bonchev–Trinajstić information content (AvgIpc) is 3.31. The Hall–Kier alpha value is -1.59. The molecule has 0 radical (unpaired) electrons. The van der Waals surface area contributed by atoms with Gasteiger partial charge in [0.05, 0.1) is 25.4 Å². The molecule has 1 aliphatic heterocycles. The molecule has 1 heterocycles. The molecule has 1 fully saturated rings. The number of allylic oxidation sites excluding steroid dienone is 5. The van der Waals surface area contributed by atoms with Crippen molar-refractivity contribution in [1.29, 1.82) is 0 Å². The Labute approximate surface area is 400 Å². The van der Waals surface area contributed by atoms with Gasteiger partial charge in [0, 0.05) is 6.42 Å². The van der Waals surface area contributed by atoms with Crippen molar-refractivity contribution in [2.24, 2.45) is 0 Å². The summed E-state index contributed by atoms with van der Waals surface area (Å²) in [5.74, 6) is -0.189. The molecule has 0 saturated carbocycles.